The molecule has 0 rings (SSSR count). The summed E-state index contributed by atoms with van der Waals surface area (Å²) >= 11 is 0. The molecule has 0 saturated heterocycles. The second-order valence-corrected chi connectivity index (χ2v) is 2.36. The quantitative estimate of drug-likeness (QED) is 0.117. The van der Waals surface area contributed by atoms with E-state index < -0.39 is 16.4 Å². The number of nitrogens with zero attached hydrogens (tertiary/aromatic N) is 1. The topological polar surface area (TPSA) is 194 Å². The highest BCUT2D eigenvalue weighted by molar-refractivity contribution is 7.79. The molecule has 0 radical (unpaired) electrons. The van der Waals surface area contributed by atoms with Crippen LogP contribution in [0.25, 0.3) is 0 Å². The summed E-state index contributed by atoms with van der Waals surface area (Å²) in [7, 11) is -4.67. The van der Waals surface area contributed by atoms with Gasteiger partial charge in [0.25, 0.3) is 0 Å². The van der Waals surface area contributed by atoms with Crippen LogP contribution >= 0.6 is 0 Å². The van der Waals surface area contributed by atoms with Crippen molar-refractivity contribution in [1.82, 2.24) is 5.43 Å². The van der Waals surface area contributed by atoms with Crippen molar-refractivity contribution in [3.05, 3.63) is 0 Å². The third kappa shape index (κ3) is 63.3. The number of hydrogen-bond acceptors (Lipinski definition) is 4. The Labute approximate surface area is 73.3 Å². The third-order valence-corrected chi connectivity index (χ3v) is 0.295. The van der Waals surface area contributed by atoms with Gasteiger partial charge in [0.05, 0.1) is 0 Å². The largest absolute Gasteiger partial charge is 0.394 e. The molecule has 0 fully saturated rings. The first kappa shape index (κ1) is 14.0. The van der Waals surface area contributed by atoms with Gasteiger partial charge in [-0.1, -0.05) is 0 Å². The normalized spacial score (nSPS) is 9.08. The van der Waals surface area contributed by atoms with Crippen LogP contribution in [0, 0.1) is 0 Å². The molecule has 0 aliphatic heterocycles. The zero-order chi connectivity index (χ0) is 11.1. The number of carbonyl (C=O) groups excluding carboxylic acids is 1. The molecule has 11 heteroatoms. The van der Waals surface area contributed by atoms with Crippen LogP contribution in [0.1, 0.15) is 0 Å². The monoisotopic (exact) mass is 215 g/mol. The number of carbonyl (C=O) groups is 1. The number of urea groups is 1. The van der Waals surface area contributed by atoms with Crippen LogP contribution in [0.3, 0.4) is 0 Å². The standard InChI is InChI=1S/C2H7N5O.H2O4S/c3-1(4)6-7-2(5)8;1-5(2,3)4/h(H4,3,4,6)(H3,5,7,8);(H2,1,2,3,4). The number of amides is 2. The molecule has 0 aromatic heterocycles. The van der Waals surface area contributed by atoms with Crippen molar-refractivity contribution in [3.63, 3.8) is 0 Å². The molecule has 0 saturated carbocycles. The van der Waals surface area contributed by atoms with E-state index >= 15 is 0 Å². The first-order chi connectivity index (χ1) is 5.63. The highest BCUT2D eigenvalue weighted by atomic mass is 32.3. The van der Waals surface area contributed by atoms with E-state index in [1.165, 1.54) is 0 Å². The van der Waals surface area contributed by atoms with Crippen LogP contribution in [-0.2, 0) is 10.4 Å². The van der Waals surface area contributed by atoms with Gasteiger partial charge in [0, 0.05) is 0 Å². The summed E-state index contributed by atoms with van der Waals surface area (Å²) in [6, 6.07) is -0.793. The fourth-order valence-electron chi connectivity index (χ4n) is 0.120. The molecule has 2 amide bonds. The first-order valence-electron chi connectivity index (χ1n) is 2.47. The molecule has 0 aliphatic carbocycles. The lowest BCUT2D eigenvalue weighted by Crippen LogP contribution is -2.31. The van der Waals surface area contributed by atoms with Crippen molar-refractivity contribution in [1.29, 1.82) is 0 Å². The van der Waals surface area contributed by atoms with Crippen LogP contribution < -0.4 is 22.6 Å². The number of hydrazone groups is 1. The van der Waals surface area contributed by atoms with Gasteiger partial charge in [-0.25, -0.2) is 10.2 Å². The first-order valence-corrected chi connectivity index (χ1v) is 3.86. The molecular weight excluding hydrogens is 206 g/mol. The maximum absolute atomic E-state index is 9.80. The Morgan fingerprint density at radius 3 is 1.62 bits per heavy atom. The molecule has 0 aromatic rings. The van der Waals surface area contributed by atoms with Crippen molar-refractivity contribution in [3.8, 4) is 0 Å². The second-order valence-electron chi connectivity index (χ2n) is 1.46. The van der Waals surface area contributed by atoms with E-state index in [1.54, 1.807) is 0 Å². The molecule has 0 heterocycles. The lowest BCUT2D eigenvalue weighted by Gasteiger charge is -1.89. The minimum Gasteiger partial charge on any atom is -0.369 e. The van der Waals surface area contributed by atoms with E-state index in [2.05, 4.69) is 10.8 Å². The average molecular weight is 215 g/mol. The SMILES string of the molecule is NC(=O)NN=C(N)N.O=S(=O)(O)O. The van der Waals surface area contributed by atoms with E-state index in [0.29, 0.717) is 0 Å². The van der Waals surface area contributed by atoms with Crippen molar-refractivity contribution in [2.75, 3.05) is 0 Å². The summed E-state index contributed by atoms with van der Waals surface area (Å²) in [5.41, 5.74) is 16.0. The van der Waals surface area contributed by atoms with Crippen molar-refractivity contribution in [2.45, 2.75) is 0 Å². The summed E-state index contributed by atoms with van der Waals surface area (Å²) in [6.45, 7) is 0. The van der Waals surface area contributed by atoms with Gasteiger partial charge in [-0.05, 0) is 0 Å². The van der Waals surface area contributed by atoms with Crippen molar-refractivity contribution >= 4 is 22.4 Å². The van der Waals surface area contributed by atoms with Gasteiger partial charge in [0.1, 0.15) is 0 Å². The Morgan fingerprint density at radius 1 is 1.23 bits per heavy atom. The zero-order valence-electron chi connectivity index (χ0n) is 6.21. The Bertz CT molecular complexity index is 269. The van der Waals surface area contributed by atoms with Crippen LogP contribution in [0.2, 0.25) is 0 Å². The lowest BCUT2D eigenvalue weighted by atomic mass is 11.1. The van der Waals surface area contributed by atoms with Crippen LogP contribution in [0.15, 0.2) is 5.10 Å². The molecule has 0 spiro atoms. The van der Waals surface area contributed by atoms with Crippen molar-refractivity contribution < 1.29 is 22.3 Å². The molecule has 9 N–H and O–H groups in total. The summed E-state index contributed by atoms with van der Waals surface area (Å²) in [6.07, 6.45) is 0. The fraction of sp³-hybridized carbons (Fsp3) is 0. The lowest BCUT2D eigenvalue weighted by molar-refractivity contribution is 0.249. The van der Waals surface area contributed by atoms with Gasteiger partial charge in [0.2, 0.25) is 5.96 Å². The second kappa shape index (κ2) is 5.99. The number of hydrogen-bond donors (Lipinski definition) is 6. The summed E-state index contributed by atoms with van der Waals surface area (Å²) < 4.78 is 31.6. The number of rotatable bonds is 1. The molecule has 13 heavy (non-hydrogen) atoms. The number of guanidine groups is 1. The number of nitrogens with one attached hydrogen (secondary N) is 1. The minimum absolute atomic E-state index is 0.233. The molecule has 10 nitrogen and oxygen atoms in total. The molecule has 0 bridgehead atoms. The molecule has 0 atom stereocenters. The average Bonchev–Trinajstić information content (AvgIpc) is 1.79. The molecule has 0 aromatic carbocycles. The molecule has 0 aliphatic rings. The number of primary amides is 1. The van der Waals surface area contributed by atoms with E-state index in [1.807, 2.05) is 5.43 Å². The maximum atomic E-state index is 9.80. The van der Waals surface area contributed by atoms with Gasteiger partial charge in [-0.3, -0.25) is 9.11 Å². The summed E-state index contributed by atoms with van der Waals surface area (Å²) in [5.74, 6) is -0.233. The zero-order valence-corrected chi connectivity index (χ0v) is 7.02. The summed E-state index contributed by atoms with van der Waals surface area (Å²) in [5, 5.41) is 3.07. The Kier molecular flexibility index (Phi) is 6.43. The predicted octanol–water partition coefficient (Wildman–Crippen LogP) is -2.81. The Balaban J connectivity index is 0. The molecular formula is C2H9N5O5S. The van der Waals surface area contributed by atoms with Gasteiger partial charge in [-0.2, -0.15) is 8.42 Å². The minimum atomic E-state index is -4.67. The number of nitrogens with two attached hydrogens (primary N) is 3. The van der Waals surface area contributed by atoms with Gasteiger partial charge in [-0.15, -0.1) is 5.10 Å². The molecule has 0 unspecified atom stereocenters. The van der Waals surface area contributed by atoms with E-state index in [4.69, 9.17) is 29.0 Å². The highest BCUT2D eigenvalue weighted by Crippen LogP contribution is 1.59. The van der Waals surface area contributed by atoms with E-state index in [0.717, 1.165) is 0 Å². The van der Waals surface area contributed by atoms with Gasteiger partial charge in [0.15, 0.2) is 0 Å². The Hall–Kier alpha value is -1.59. The Morgan fingerprint density at radius 2 is 1.54 bits per heavy atom. The van der Waals surface area contributed by atoms with E-state index in [9.17, 15) is 4.79 Å². The van der Waals surface area contributed by atoms with Gasteiger partial charge < -0.3 is 17.2 Å². The van der Waals surface area contributed by atoms with Crippen LogP contribution in [0.5, 0.6) is 0 Å². The maximum Gasteiger partial charge on any atom is 0.394 e. The van der Waals surface area contributed by atoms with Gasteiger partial charge >= 0.3 is 16.4 Å². The van der Waals surface area contributed by atoms with Crippen LogP contribution in [0.4, 0.5) is 4.79 Å². The predicted molar refractivity (Wildman–Crippen MR) is 42.7 cm³/mol. The third-order valence-electron chi connectivity index (χ3n) is 0.295. The highest BCUT2D eigenvalue weighted by Gasteiger charge is 1.84. The smallest absolute Gasteiger partial charge is 0.369 e. The fourth-order valence-corrected chi connectivity index (χ4v) is 0.120. The summed E-state index contributed by atoms with van der Waals surface area (Å²) in [4.78, 5) is 9.80. The van der Waals surface area contributed by atoms with Crippen LogP contribution in [-0.4, -0.2) is 29.5 Å². The van der Waals surface area contributed by atoms with Crippen molar-refractivity contribution in [2.24, 2.45) is 22.3 Å². The van der Waals surface area contributed by atoms with E-state index in [-0.39, 0.29) is 5.96 Å². The molecule has 78 valence electrons.